The molecule has 0 aliphatic carbocycles. The Balaban J connectivity index is 1.83. The van der Waals surface area contributed by atoms with Gasteiger partial charge in [-0.3, -0.25) is 0 Å². The lowest BCUT2D eigenvalue weighted by atomic mass is 10.1. The van der Waals surface area contributed by atoms with Gasteiger partial charge < -0.3 is 5.32 Å². The van der Waals surface area contributed by atoms with Gasteiger partial charge in [-0.25, -0.2) is 4.39 Å². The third-order valence-corrected chi connectivity index (χ3v) is 4.47. The molecule has 1 heterocycles. The highest BCUT2D eigenvalue weighted by Gasteiger charge is 2.08. The second-order valence-electron chi connectivity index (χ2n) is 4.71. The minimum Gasteiger partial charge on any atom is -0.379 e. The monoisotopic (exact) mass is 305 g/mol. The minimum atomic E-state index is -0.387. The number of nitrogens with one attached hydrogen (secondary N) is 1. The molecule has 0 aliphatic heterocycles. The summed E-state index contributed by atoms with van der Waals surface area (Å²) in [6, 6.07) is 13.3. The van der Waals surface area contributed by atoms with Gasteiger partial charge in [0.05, 0.1) is 5.02 Å². The van der Waals surface area contributed by atoms with Crippen LogP contribution in [0.2, 0.25) is 5.02 Å². The quantitative estimate of drug-likeness (QED) is 0.638. The maximum atomic E-state index is 13.2. The molecule has 1 unspecified atom stereocenters. The molecule has 3 aromatic rings. The van der Waals surface area contributed by atoms with Gasteiger partial charge in [-0.15, -0.1) is 11.3 Å². The fourth-order valence-electron chi connectivity index (χ4n) is 2.17. The van der Waals surface area contributed by atoms with Crippen LogP contribution in [0.1, 0.15) is 18.5 Å². The summed E-state index contributed by atoms with van der Waals surface area (Å²) >= 11 is 7.55. The minimum absolute atomic E-state index is 0.0594. The number of fused-ring (bicyclic) bond motifs is 1. The molecule has 20 heavy (non-hydrogen) atoms. The van der Waals surface area contributed by atoms with Crippen molar-refractivity contribution in [2.45, 2.75) is 13.0 Å². The number of rotatable bonds is 3. The second kappa shape index (κ2) is 5.43. The molecule has 2 aromatic carbocycles. The Morgan fingerprint density at radius 3 is 2.80 bits per heavy atom. The van der Waals surface area contributed by atoms with Gasteiger partial charge in [0.1, 0.15) is 5.82 Å². The molecule has 0 aliphatic rings. The summed E-state index contributed by atoms with van der Waals surface area (Å²) in [6.07, 6.45) is 0. The number of hydrogen-bond acceptors (Lipinski definition) is 2. The maximum absolute atomic E-state index is 13.2. The molecular weight excluding hydrogens is 293 g/mol. The SMILES string of the molecule is CC(Nc1ccc2sccc2c1)c1ccc(F)c(Cl)c1. The molecule has 1 N–H and O–H groups in total. The number of thiophene rings is 1. The molecule has 1 atom stereocenters. The van der Waals surface area contributed by atoms with Crippen molar-refractivity contribution in [1.82, 2.24) is 0 Å². The summed E-state index contributed by atoms with van der Waals surface area (Å²) in [5.41, 5.74) is 2.01. The van der Waals surface area contributed by atoms with Gasteiger partial charge in [0.15, 0.2) is 0 Å². The van der Waals surface area contributed by atoms with Crippen LogP contribution in [0.25, 0.3) is 10.1 Å². The summed E-state index contributed by atoms with van der Waals surface area (Å²) in [4.78, 5) is 0. The van der Waals surface area contributed by atoms with Crippen LogP contribution in [0.5, 0.6) is 0 Å². The van der Waals surface area contributed by atoms with Crippen molar-refractivity contribution in [3.63, 3.8) is 0 Å². The highest BCUT2D eigenvalue weighted by Crippen LogP contribution is 2.27. The average Bonchev–Trinajstić information content (AvgIpc) is 2.89. The van der Waals surface area contributed by atoms with Crippen molar-refractivity contribution in [3.8, 4) is 0 Å². The first-order valence-corrected chi connectivity index (χ1v) is 7.58. The van der Waals surface area contributed by atoms with Crippen LogP contribution in [-0.2, 0) is 0 Å². The predicted molar refractivity (Wildman–Crippen MR) is 85.3 cm³/mol. The Hall–Kier alpha value is -1.58. The molecule has 0 saturated carbocycles. The van der Waals surface area contributed by atoms with Crippen LogP contribution in [-0.4, -0.2) is 0 Å². The zero-order valence-electron chi connectivity index (χ0n) is 10.9. The van der Waals surface area contributed by atoms with Gasteiger partial charge >= 0.3 is 0 Å². The average molecular weight is 306 g/mol. The Bertz CT molecular complexity index is 753. The van der Waals surface area contributed by atoms with Crippen LogP contribution in [0.15, 0.2) is 47.8 Å². The molecule has 0 bridgehead atoms. The fraction of sp³-hybridized carbons (Fsp3) is 0.125. The Morgan fingerprint density at radius 2 is 2.00 bits per heavy atom. The molecule has 4 heteroatoms. The summed E-state index contributed by atoms with van der Waals surface area (Å²) < 4.78 is 14.4. The van der Waals surface area contributed by atoms with Crippen molar-refractivity contribution in [3.05, 3.63) is 64.2 Å². The Morgan fingerprint density at radius 1 is 1.15 bits per heavy atom. The van der Waals surface area contributed by atoms with Gasteiger partial charge in [-0.05, 0) is 59.7 Å². The fourth-order valence-corrected chi connectivity index (χ4v) is 3.13. The van der Waals surface area contributed by atoms with E-state index in [0.717, 1.165) is 11.3 Å². The van der Waals surface area contributed by atoms with Crippen molar-refractivity contribution in [1.29, 1.82) is 0 Å². The Kier molecular flexibility index (Phi) is 3.64. The maximum Gasteiger partial charge on any atom is 0.141 e. The van der Waals surface area contributed by atoms with Gasteiger partial charge in [0, 0.05) is 16.4 Å². The number of anilines is 1. The summed E-state index contributed by atoms with van der Waals surface area (Å²) in [5, 5.41) is 6.87. The number of benzene rings is 2. The summed E-state index contributed by atoms with van der Waals surface area (Å²) in [6.45, 7) is 2.03. The molecule has 0 amide bonds. The first kappa shape index (κ1) is 13.4. The van der Waals surface area contributed by atoms with Crippen LogP contribution in [0.4, 0.5) is 10.1 Å². The highest BCUT2D eigenvalue weighted by atomic mass is 35.5. The van der Waals surface area contributed by atoms with Crippen molar-refractivity contribution >= 4 is 38.7 Å². The van der Waals surface area contributed by atoms with Gasteiger partial charge in [-0.1, -0.05) is 17.7 Å². The topological polar surface area (TPSA) is 12.0 Å². The standard InChI is InChI=1S/C16H13ClFNS/c1-10(11-2-4-15(18)14(17)9-11)19-13-3-5-16-12(8-13)6-7-20-16/h2-10,19H,1H3. The van der Waals surface area contributed by atoms with E-state index in [1.54, 1.807) is 23.5 Å². The lowest BCUT2D eigenvalue weighted by molar-refractivity contribution is 0.627. The zero-order chi connectivity index (χ0) is 14.1. The molecule has 102 valence electrons. The first-order chi connectivity index (χ1) is 9.63. The van der Waals surface area contributed by atoms with E-state index in [2.05, 4.69) is 35.0 Å². The molecule has 1 nitrogen and oxygen atoms in total. The normalized spacial score (nSPS) is 12.6. The van der Waals surface area contributed by atoms with Crippen LogP contribution >= 0.6 is 22.9 Å². The number of halogens is 2. The van der Waals surface area contributed by atoms with E-state index in [1.807, 2.05) is 6.92 Å². The largest absolute Gasteiger partial charge is 0.379 e. The molecule has 1 aromatic heterocycles. The molecule has 0 fully saturated rings. The molecule has 0 saturated heterocycles. The lowest BCUT2D eigenvalue weighted by Crippen LogP contribution is -2.06. The van der Waals surface area contributed by atoms with Crippen molar-refractivity contribution in [2.24, 2.45) is 0 Å². The summed E-state index contributed by atoms with van der Waals surface area (Å²) in [5.74, 6) is -0.387. The molecule has 0 spiro atoms. The lowest BCUT2D eigenvalue weighted by Gasteiger charge is -2.16. The van der Waals surface area contributed by atoms with E-state index in [9.17, 15) is 4.39 Å². The van der Waals surface area contributed by atoms with E-state index in [0.29, 0.717) is 0 Å². The van der Waals surface area contributed by atoms with Crippen LogP contribution < -0.4 is 5.32 Å². The first-order valence-electron chi connectivity index (χ1n) is 6.32. The molecule has 0 radical (unpaired) electrons. The van der Waals surface area contributed by atoms with Crippen LogP contribution in [0, 0.1) is 5.82 Å². The van der Waals surface area contributed by atoms with E-state index in [-0.39, 0.29) is 16.9 Å². The van der Waals surface area contributed by atoms with Gasteiger partial charge in [0.2, 0.25) is 0 Å². The third-order valence-electron chi connectivity index (χ3n) is 3.28. The van der Waals surface area contributed by atoms with E-state index in [4.69, 9.17) is 11.6 Å². The zero-order valence-corrected chi connectivity index (χ0v) is 12.4. The number of hydrogen-bond donors (Lipinski definition) is 1. The van der Waals surface area contributed by atoms with Crippen molar-refractivity contribution < 1.29 is 4.39 Å². The van der Waals surface area contributed by atoms with E-state index in [1.165, 1.54) is 16.2 Å². The van der Waals surface area contributed by atoms with Gasteiger partial charge in [-0.2, -0.15) is 0 Å². The molecule has 3 rings (SSSR count). The van der Waals surface area contributed by atoms with Crippen LogP contribution in [0.3, 0.4) is 0 Å². The highest BCUT2D eigenvalue weighted by molar-refractivity contribution is 7.17. The second-order valence-corrected chi connectivity index (χ2v) is 6.07. The predicted octanol–water partition coefficient (Wildman–Crippen LogP) is 5.87. The Labute approximate surface area is 126 Å². The van der Waals surface area contributed by atoms with Crippen molar-refractivity contribution in [2.75, 3.05) is 5.32 Å². The smallest absolute Gasteiger partial charge is 0.141 e. The summed E-state index contributed by atoms with van der Waals surface area (Å²) in [7, 11) is 0. The van der Waals surface area contributed by atoms with E-state index < -0.39 is 0 Å². The van der Waals surface area contributed by atoms with E-state index >= 15 is 0 Å². The molecular formula is C16H13ClFNS. The van der Waals surface area contributed by atoms with Gasteiger partial charge in [0.25, 0.3) is 0 Å². The third kappa shape index (κ3) is 2.65.